The Morgan fingerprint density at radius 3 is 1.15 bits per heavy atom. The van der Waals surface area contributed by atoms with Crippen LogP contribution in [-0.4, -0.2) is 197 Å². The van der Waals surface area contributed by atoms with Crippen molar-refractivity contribution in [2.45, 2.75) is 206 Å². The molecule has 0 aliphatic carbocycles. The normalized spacial score (nSPS) is 16.0. The van der Waals surface area contributed by atoms with Crippen molar-refractivity contribution in [2.24, 2.45) is 5.73 Å². The molecule has 0 aromatic heterocycles. The summed E-state index contributed by atoms with van der Waals surface area (Å²) in [5.74, 6) is 0. The van der Waals surface area contributed by atoms with E-state index in [4.69, 9.17) is 65.6 Å². The molecule has 436 valence electrons. The van der Waals surface area contributed by atoms with E-state index in [1.165, 1.54) is 0 Å². The van der Waals surface area contributed by atoms with Crippen molar-refractivity contribution in [1.82, 2.24) is 5.32 Å². The van der Waals surface area contributed by atoms with E-state index >= 15 is 0 Å². The smallest absolute Gasteiger partial charge is 0.314 e. The molecule has 2 atom stereocenters. The van der Waals surface area contributed by atoms with Gasteiger partial charge in [-0.3, -0.25) is 0 Å². The predicted octanol–water partition coefficient (Wildman–Crippen LogP) is 9.36. The lowest BCUT2D eigenvalue weighted by Crippen LogP contribution is -2.58. The average Bonchev–Trinajstić information content (AvgIpc) is 4.04. The standard InChI is InChI=1S/C25H59NO7Si3.C19H44O4Si3.C6H15NO3/c1-24(2,3)34(7,8)32-36(11,33-35(9,10)25(4,5)6)20-12-15-31-22-23(28)21-26-13-16-29-18-19-30-17-14-27;1-18(2,3)24(7,8)22-26(11,23-25(9,10)19(4,5)6)14-12-13-20-15-17-16-21-17;7-1-3-9-5-6-10-4-2-8/h23,26-28H,12-22H2,1-11H3;17H,12-16H2,1-11H3;8H,1-7H2. The minimum atomic E-state index is -2.43. The van der Waals surface area contributed by atoms with Crippen molar-refractivity contribution in [3.8, 4) is 0 Å². The molecule has 16 nitrogen and oxygen atoms in total. The Morgan fingerprint density at radius 1 is 0.500 bits per heavy atom. The molecule has 0 amide bonds. The van der Waals surface area contributed by atoms with Crippen molar-refractivity contribution in [3.63, 3.8) is 0 Å². The molecule has 0 aromatic rings. The zero-order valence-electron chi connectivity index (χ0n) is 50.6. The van der Waals surface area contributed by atoms with Crippen LogP contribution in [0.3, 0.4) is 0 Å². The maximum atomic E-state index is 10.2. The number of hydrogen-bond acceptors (Lipinski definition) is 16. The van der Waals surface area contributed by atoms with Crippen LogP contribution in [-0.2, 0) is 49.6 Å². The molecule has 0 aromatic carbocycles. The van der Waals surface area contributed by atoms with Crippen LogP contribution < -0.4 is 11.1 Å². The summed E-state index contributed by atoms with van der Waals surface area (Å²) in [5.41, 5.74) is 5.16. The predicted molar refractivity (Wildman–Crippen MR) is 312 cm³/mol. The third-order valence-electron chi connectivity index (χ3n) is 14.2. The third kappa shape index (κ3) is 34.5. The zero-order valence-corrected chi connectivity index (χ0v) is 56.6. The largest absolute Gasteiger partial charge is 0.436 e. The summed E-state index contributed by atoms with van der Waals surface area (Å²) in [6.45, 7) is 59.5. The van der Waals surface area contributed by atoms with Gasteiger partial charge in [-0.05, 0) is 111 Å². The highest BCUT2D eigenvalue weighted by atomic mass is 28.5. The van der Waals surface area contributed by atoms with Gasteiger partial charge in [0.15, 0.2) is 33.3 Å². The first kappa shape index (κ1) is 74.7. The molecule has 22 heteroatoms. The van der Waals surface area contributed by atoms with Crippen molar-refractivity contribution in [3.05, 3.63) is 0 Å². The summed E-state index contributed by atoms with van der Waals surface area (Å²) in [5, 5.41) is 30.9. The number of nitrogens with two attached hydrogens (primary N) is 1. The topological polar surface area (TPSA) is 204 Å². The molecule has 0 spiro atoms. The molecule has 1 aliphatic rings. The van der Waals surface area contributed by atoms with E-state index in [0.717, 1.165) is 44.8 Å². The summed E-state index contributed by atoms with van der Waals surface area (Å²) in [6.07, 6.45) is 1.64. The second-order valence-electron chi connectivity index (χ2n) is 25.6. The van der Waals surface area contributed by atoms with Crippen LogP contribution in [0.5, 0.6) is 0 Å². The lowest BCUT2D eigenvalue weighted by Gasteiger charge is -2.48. The van der Waals surface area contributed by atoms with Crippen LogP contribution >= 0.6 is 0 Å². The molecule has 0 bridgehead atoms. The van der Waals surface area contributed by atoms with Crippen LogP contribution in [0, 0.1) is 0 Å². The molecule has 1 heterocycles. The first-order valence-electron chi connectivity index (χ1n) is 27.0. The van der Waals surface area contributed by atoms with Gasteiger partial charge < -0.3 is 76.0 Å². The van der Waals surface area contributed by atoms with E-state index in [0.29, 0.717) is 91.8 Å². The molecular weight excluding hydrogens is 1020 g/mol. The quantitative estimate of drug-likeness (QED) is 0.0223. The SMILES string of the molecule is CC(C)(C)[Si](C)(C)O[Si](C)(CCCOCC(O)CNCCOCCOCCO)O[Si](C)(C)C(C)(C)C.CC(C)(C)[Si](C)(C)O[Si](C)(CCCOCC1CO1)O[Si](C)(C)C(C)(C)C.NCCOCCOCCO. The zero-order chi connectivity index (χ0) is 56.2. The van der Waals surface area contributed by atoms with Gasteiger partial charge >= 0.3 is 17.1 Å². The Kier molecular flexibility index (Phi) is 36.7. The maximum Gasteiger partial charge on any atom is 0.314 e. The van der Waals surface area contributed by atoms with Gasteiger partial charge in [0, 0.05) is 32.8 Å². The molecule has 1 aliphatic heterocycles. The fourth-order valence-electron chi connectivity index (χ4n) is 5.93. The number of ether oxygens (including phenoxy) is 7. The number of rotatable bonds is 37. The highest BCUT2D eigenvalue weighted by molar-refractivity contribution is 6.91. The summed E-state index contributed by atoms with van der Waals surface area (Å²) in [7, 11) is -12.4. The molecule has 1 saturated heterocycles. The second kappa shape index (κ2) is 35.3. The fourth-order valence-corrected chi connectivity index (χ4v) is 32.4. The summed E-state index contributed by atoms with van der Waals surface area (Å²) >= 11 is 0. The Bertz CT molecular complexity index is 1290. The van der Waals surface area contributed by atoms with E-state index in [9.17, 15) is 5.11 Å². The molecule has 1 rings (SSSR count). The average molecular weight is 1140 g/mol. The summed E-state index contributed by atoms with van der Waals surface area (Å²) in [4.78, 5) is 0. The number of nitrogens with one attached hydrogen (secondary N) is 1. The highest BCUT2D eigenvalue weighted by Crippen LogP contribution is 2.45. The molecule has 2 unspecified atom stereocenters. The van der Waals surface area contributed by atoms with Gasteiger partial charge in [-0.25, -0.2) is 0 Å². The van der Waals surface area contributed by atoms with Crippen LogP contribution in [0.15, 0.2) is 0 Å². The molecule has 72 heavy (non-hydrogen) atoms. The Morgan fingerprint density at radius 2 is 0.833 bits per heavy atom. The Hall–Kier alpha value is 0.661. The van der Waals surface area contributed by atoms with E-state index in [1.807, 2.05) is 0 Å². The Labute approximate surface area is 448 Å². The molecular formula is C50H118N2O14Si6. The third-order valence-corrected chi connectivity index (χ3v) is 46.3. The minimum Gasteiger partial charge on any atom is -0.436 e. The monoisotopic (exact) mass is 1140 g/mol. The van der Waals surface area contributed by atoms with Crippen LogP contribution in [0.2, 0.25) is 97.7 Å². The van der Waals surface area contributed by atoms with Gasteiger partial charge in [0.25, 0.3) is 0 Å². The highest BCUT2D eigenvalue weighted by Gasteiger charge is 2.51. The Balaban J connectivity index is 0. The number of hydrogen-bond donors (Lipinski definition) is 5. The number of aliphatic hydroxyl groups excluding tert-OH is 3. The first-order chi connectivity index (χ1) is 32.8. The summed E-state index contributed by atoms with van der Waals surface area (Å²) < 4.78 is 65.2. The van der Waals surface area contributed by atoms with E-state index < -0.39 is 56.5 Å². The molecule has 1 fully saturated rings. The molecule has 6 N–H and O–H groups in total. The second-order valence-corrected chi connectivity index (χ2v) is 52.5. The maximum absolute atomic E-state index is 10.2. The number of aliphatic hydroxyl groups is 3. The van der Waals surface area contributed by atoms with Crippen molar-refractivity contribution < 1.29 is 64.9 Å². The fraction of sp³-hybridized carbons (Fsp3) is 1.00. The molecule has 0 saturated carbocycles. The van der Waals surface area contributed by atoms with Crippen LogP contribution in [0.1, 0.15) is 95.9 Å². The summed E-state index contributed by atoms with van der Waals surface area (Å²) in [6, 6.07) is 1.89. The lowest BCUT2D eigenvalue weighted by molar-refractivity contribution is 0.0275. The van der Waals surface area contributed by atoms with Crippen molar-refractivity contribution >= 4 is 50.4 Å². The van der Waals surface area contributed by atoms with Gasteiger partial charge in [0.05, 0.1) is 92.0 Å². The van der Waals surface area contributed by atoms with Gasteiger partial charge in [0.1, 0.15) is 6.10 Å². The minimum absolute atomic E-state index is 0.0260. The first-order valence-corrected chi connectivity index (χ1v) is 43.6. The van der Waals surface area contributed by atoms with Crippen LogP contribution in [0.4, 0.5) is 0 Å². The van der Waals surface area contributed by atoms with E-state index in [-0.39, 0.29) is 33.4 Å². The lowest BCUT2D eigenvalue weighted by atomic mass is 10.2. The van der Waals surface area contributed by atoms with Crippen molar-refractivity contribution in [1.29, 1.82) is 0 Å². The van der Waals surface area contributed by atoms with Gasteiger partial charge in [-0.15, -0.1) is 0 Å². The number of epoxide rings is 1. The van der Waals surface area contributed by atoms with Gasteiger partial charge in [0.2, 0.25) is 0 Å². The van der Waals surface area contributed by atoms with Crippen molar-refractivity contribution in [2.75, 3.05) is 119 Å². The van der Waals surface area contributed by atoms with Gasteiger partial charge in [-0.2, -0.15) is 0 Å². The van der Waals surface area contributed by atoms with E-state index in [1.54, 1.807) is 0 Å². The molecule has 0 radical (unpaired) electrons. The van der Waals surface area contributed by atoms with Crippen LogP contribution in [0.25, 0.3) is 0 Å². The van der Waals surface area contributed by atoms with Gasteiger partial charge in [-0.1, -0.05) is 83.1 Å². The van der Waals surface area contributed by atoms with E-state index in [2.05, 4.69) is 154 Å².